The van der Waals surface area contributed by atoms with Gasteiger partial charge in [0.05, 0.1) is 42.0 Å². The smallest absolute Gasteiger partial charge is 0.326 e. The number of aliphatic carboxylic acids is 1. The predicted molar refractivity (Wildman–Crippen MR) is 162 cm³/mol. The number of benzene rings is 2. The van der Waals surface area contributed by atoms with Crippen molar-refractivity contribution in [1.29, 1.82) is 0 Å². The number of nitrogens with one attached hydrogen (secondary N) is 1. The highest BCUT2D eigenvalue weighted by molar-refractivity contribution is 5.81. The zero-order chi connectivity index (χ0) is 28.3. The molecule has 4 heterocycles. The van der Waals surface area contributed by atoms with E-state index in [1.165, 1.54) is 0 Å². The number of hydrogen-bond donors (Lipinski definition) is 2. The molecule has 1 fully saturated rings. The van der Waals surface area contributed by atoms with Crippen molar-refractivity contribution < 1.29 is 14.6 Å². The van der Waals surface area contributed by atoms with Gasteiger partial charge in [-0.2, -0.15) is 0 Å². The molecule has 3 aromatic heterocycles. The molecule has 1 aliphatic heterocycles. The van der Waals surface area contributed by atoms with Crippen molar-refractivity contribution in [1.82, 2.24) is 19.4 Å². The molecule has 0 radical (unpaired) electrons. The first kappa shape index (κ1) is 26.5. The molecule has 0 saturated carbocycles. The summed E-state index contributed by atoms with van der Waals surface area (Å²) in [4.78, 5) is 28.4. The first-order chi connectivity index (χ1) is 20.0. The van der Waals surface area contributed by atoms with Gasteiger partial charge in [0, 0.05) is 35.9 Å². The van der Waals surface area contributed by atoms with Crippen molar-refractivity contribution in [2.24, 2.45) is 5.92 Å². The third kappa shape index (κ3) is 5.62. The molecule has 0 bridgehead atoms. The number of nitrogens with zero attached hydrogens (tertiary/aromatic N) is 5. The van der Waals surface area contributed by atoms with Crippen molar-refractivity contribution in [2.45, 2.75) is 19.9 Å². The summed E-state index contributed by atoms with van der Waals surface area (Å²) < 4.78 is 7.63. The second-order valence-corrected chi connectivity index (χ2v) is 10.5. The number of aromatic nitrogens is 4. The van der Waals surface area contributed by atoms with Crippen molar-refractivity contribution in [3.05, 3.63) is 84.4 Å². The molecule has 1 saturated heterocycles. The number of hydrogen-bond acceptors (Lipinski definition) is 7. The summed E-state index contributed by atoms with van der Waals surface area (Å²) in [6.45, 7) is 6.58. The van der Waals surface area contributed by atoms with Crippen LogP contribution in [0.1, 0.15) is 25.2 Å². The SMILES string of the molecule is CC(C)C(Nc1ccc(-c2cnc(N3CCOCC3)c3nc(C=Cc4ccc5ccccc5n4)cn23)cc1)C(=O)O. The summed E-state index contributed by atoms with van der Waals surface area (Å²) in [6, 6.07) is 19.2. The second-order valence-electron chi connectivity index (χ2n) is 10.5. The lowest BCUT2D eigenvalue weighted by molar-refractivity contribution is -0.138. The molecule has 9 heteroatoms. The van der Waals surface area contributed by atoms with E-state index in [-0.39, 0.29) is 5.92 Å². The molecule has 1 atom stereocenters. The lowest BCUT2D eigenvalue weighted by Crippen LogP contribution is -2.37. The molecule has 5 aromatic rings. The summed E-state index contributed by atoms with van der Waals surface area (Å²) in [5, 5.41) is 13.8. The molecule has 6 rings (SSSR count). The van der Waals surface area contributed by atoms with Gasteiger partial charge in [-0.05, 0) is 42.3 Å². The van der Waals surface area contributed by atoms with Crippen LogP contribution in [0.2, 0.25) is 0 Å². The number of carboxylic acid groups (broad SMARTS) is 1. The van der Waals surface area contributed by atoms with Gasteiger partial charge >= 0.3 is 5.97 Å². The lowest BCUT2D eigenvalue weighted by atomic mass is 10.0. The highest BCUT2D eigenvalue weighted by Crippen LogP contribution is 2.28. The number of morpholine rings is 1. The number of ether oxygens (including phenoxy) is 1. The Balaban J connectivity index is 1.36. The van der Waals surface area contributed by atoms with Gasteiger partial charge in [-0.3, -0.25) is 4.40 Å². The van der Waals surface area contributed by atoms with Crippen LogP contribution >= 0.6 is 0 Å². The molecule has 1 unspecified atom stereocenters. The van der Waals surface area contributed by atoms with Gasteiger partial charge in [0.1, 0.15) is 6.04 Å². The molecule has 9 nitrogen and oxygen atoms in total. The predicted octanol–water partition coefficient (Wildman–Crippen LogP) is 5.47. The Hall–Kier alpha value is -4.76. The van der Waals surface area contributed by atoms with Crippen LogP contribution in [-0.4, -0.2) is 62.8 Å². The molecule has 208 valence electrons. The van der Waals surface area contributed by atoms with Gasteiger partial charge in [-0.1, -0.05) is 50.2 Å². The largest absolute Gasteiger partial charge is 0.480 e. The highest BCUT2D eigenvalue weighted by atomic mass is 16.5. The molecule has 41 heavy (non-hydrogen) atoms. The first-order valence-electron chi connectivity index (χ1n) is 13.8. The van der Waals surface area contributed by atoms with Gasteiger partial charge < -0.3 is 20.1 Å². The fourth-order valence-electron chi connectivity index (χ4n) is 5.05. The number of anilines is 2. The topological polar surface area (TPSA) is 105 Å². The van der Waals surface area contributed by atoms with E-state index in [0.29, 0.717) is 13.2 Å². The van der Waals surface area contributed by atoms with E-state index in [9.17, 15) is 9.90 Å². The van der Waals surface area contributed by atoms with Crippen molar-refractivity contribution >= 4 is 46.2 Å². The van der Waals surface area contributed by atoms with Crippen LogP contribution in [-0.2, 0) is 9.53 Å². The monoisotopic (exact) mass is 548 g/mol. The summed E-state index contributed by atoms with van der Waals surface area (Å²) in [6.07, 6.45) is 7.83. The van der Waals surface area contributed by atoms with Crippen LogP contribution in [0.25, 0.3) is 40.0 Å². The molecule has 1 aliphatic rings. The Morgan fingerprint density at radius 3 is 2.49 bits per heavy atom. The van der Waals surface area contributed by atoms with Gasteiger partial charge in [-0.25, -0.2) is 19.7 Å². The number of rotatable bonds is 8. The summed E-state index contributed by atoms with van der Waals surface area (Å²) in [7, 11) is 0. The normalized spacial score (nSPS) is 14.8. The Bertz CT molecular complexity index is 1720. The summed E-state index contributed by atoms with van der Waals surface area (Å²) >= 11 is 0. The minimum atomic E-state index is -0.869. The first-order valence-corrected chi connectivity index (χ1v) is 13.8. The fourth-order valence-corrected chi connectivity index (χ4v) is 5.05. The quantitative estimate of drug-likeness (QED) is 0.263. The van der Waals surface area contributed by atoms with E-state index < -0.39 is 12.0 Å². The number of fused-ring (bicyclic) bond motifs is 2. The molecule has 0 aliphatic carbocycles. The average Bonchev–Trinajstić information content (AvgIpc) is 3.43. The van der Waals surface area contributed by atoms with Gasteiger partial charge in [0.2, 0.25) is 0 Å². The summed E-state index contributed by atoms with van der Waals surface area (Å²) in [5.41, 5.74) is 5.96. The van der Waals surface area contributed by atoms with Crippen LogP contribution in [0.4, 0.5) is 11.5 Å². The van der Waals surface area contributed by atoms with Crippen molar-refractivity contribution in [2.75, 3.05) is 36.5 Å². The Kier molecular flexibility index (Phi) is 7.35. The van der Waals surface area contributed by atoms with Crippen LogP contribution < -0.4 is 10.2 Å². The number of para-hydroxylation sites is 1. The summed E-state index contributed by atoms with van der Waals surface area (Å²) in [5.74, 6) is -0.0995. The Labute approximate surface area is 238 Å². The van der Waals surface area contributed by atoms with Crippen LogP contribution in [0, 0.1) is 5.92 Å². The van der Waals surface area contributed by atoms with Gasteiger partial charge in [-0.15, -0.1) is 0 Å². The fraction of sp³-hybridized carbons (Fsp3) is 0.250. The zero-order valence-electron chi connectivity index (χ0n) is 23.1. The minimum Gasteiger partial charge on any atom is -0.480 e. The maximum Gasteiger partial charge on any atom is 0.326 e. The average molecular weight is 549 g/mol. The minimum absolute atomic E-state index is 0.0500. The number of pyridine rings is 1. The molecular weight excluding hydrogens is 516 g/mol. The molecular formula is C32H32N6O3. The van der Waals surface area contributed by atoms with E-state index in [1.54, 1.807) is 0 Å². The van der Waals surface area contributed by atoms with E-state index in [0.717, 1.165) is 63.8 Å². The van der Waals surface area contributed by atoms with E-state index >= 15 is 0 Å². The van der Waals surface area contributed by atoms with Gasteiger partial charge in [0.15, 0.2) is 11.5 Å². The number of carbonyl (C=O) groups is 1. The molecule has 0 spiro atoms. The standard InChI is InChI=1S/C32H32N6O3/c1-21(2)29(32(39)40)35-25-11-8-23(9-12-25)28-19-33-30(37-15-17-41-18-16-37)31-36-26(20-38(28)31)14-13-24-10-7-22-5-3-4-6-27(22)34-24/h3-14,19-21,29,35H,15-18H2,1-2H3,(H,39,40). The Morgan fingerprint density at radius 2 is 1.73 bits per heavy atom. The third-order valence-corrected chi connectivity index (χ3v) is 7.28. The third-order valence-electron chi connectivity index (χ3n) is 7.28. The van der Waals surface area contributed by atoms with E-state index in [2.05, 4.69) is 26.8 Å². The molecule has 2 aromatic carbocycles. The van der Waals surface area contributed by atoms with Crippen LogP contribution in [0.5, 0.6) is 0 Å². The zero-order valence-corrected chi connectivity index (χ0v) is 23.1. The maximum atomic E-state index is 11.6. The lowest BCUT2D eigenvalue weighted by Gasteiger charge is -2.28. The number of carboxylic acids is 1. The molecule has 2 N–H and O–H groups in total. The van der Waals surface area contributed by atoms with E-state index in [1.807, 2.05) is 86.9 Å². The highest BCUT2D eigenvalue weighted by Gasteiger charge is 2.22. The molecule has 0 amide bonds. The van der Waals surface area contributed by atoms with Crippen LogP contribution in [0.3, 0.4) is 0 Å². The van der Waals surface area contributed by atoms with Gasteiger partial charge in [0.25, 0.3) is 0 Å². The van der Waals surface area contributed by atoms with E-state index in [4.69, 9.17) is 19.7 Å². The maximum absolute atomic E-state index is 11.6. The van der Waals surface area contributed by atoms with Crippen LogP contribution in [0.15, 0.2) is 73.1 Å². The van der Waals surface area contributed by atoms with Crippen molar-refractivity contribution in [3.63, 3.8) is 0 Å². The second kappa shape index (κ2) is 11.4. The van der Waals surface area contributed by atoms with Crippen molar-refractivity contribution in [3.8, 4) is 11.3 Å². The Morgan fingerprint density at radius 1 is 0.976 bits per heavy atom. The number of imidazole rings is 1.